The van der Waals surface area contributed by atoms with E-state index in [9.17, 15) is 8.42 Å². The van der Waals surface area contributed by atoms with Crippen LogP contribution in [0.5, 0.6) is 0 Å². The molecule has 21 heavy (non-hydrogen) atoms. The van der Waals surface area contributed by atoms with Crippen LogP contribution in [0.3, 0.4) is 0 Å². The maximum absolute atomic E-state index is 12.2. The fourth-order valence-electron chi connectivity index (χ4n) is 1.90. The number of rotatable bonds is 4. The largest absolute Gasteiger partial charge is 0.264 e. The summed E-state index contributed by atoms with van der Waals surface area (Å²) in [6.07, 6.45) is 3.30. The van der Waals surface area contributed by atoms with Crippen molar-refractivity contribution in [1.29, 1.82) is 0 Å². The van der Waals surface area contributed by atoms with Crippen LogP contribution in [0.2, 0.25) is 0 Å². The van der Waals surface area contributed by atoms with Crippen LogP contribution in [-0.4, -0.2) is 13.4 Å². The second-order valence-electron chi connectivity index (χ2n) is 5.96. The van der Waals surface area contributed by atoms with Crippen molar-refractivity contribution in [3.05, 3.63) is 59.9 Å². The van der Waals surface area contributed by atoms with E-state index in [2.05, 4.69) is 30.5 Å². The van der Waals surface area contributed by atoms with E-state index in [1.54, 1.807) is 30.6 Å². The first kappa shape index (κ1) is 15.7. The molecule has 0 saturated heterocycles. The van der Waals surface area contributed by atoms with Gasteiger partial charge in [-0.25, -0.2) is 13.1 Å². The average molecular weight is 304 g/mol. The van der Waals surface area contributed by atoms with Crippen molar-refractivity contribution in [2.75, 3.05) is 0 Å². The molecule has 1 aromatic heterocycles. The fraction of sp³-hybridized carbons (Fsp3) is 0.312. The van der Waals surface area contributed by atoms with Gasteiger partial charge >= 0.3 is 0 Å². The van der Waals surface area contributed by atoms with Crippen LogP contribution in [-0.2, 0) is 22.0 Å². The predicted octanol–water partition coefficient (Wildman–Crippen LogP) is 2.86. The van der Waals surface area contributed by atoms with Gasteiger partial charge in [0.1, 0.15) is 0 Å². The molecule has 112 valence electrons. The zero-order valence-corrected chi connectivity index (χ0v) is 13.3. The maximum Gasteiger partial charge on any atom is 0.240 e. The summed E-state index contributed by atoms with van der Waals surface area (Å²) in [6.45, 7) is 6.52. The Labute approximate surface area is 126 Å². The molecule has 5 heteroatoms. The molecule has 0 bridgehead atoms. The molecule has 2 rings (SSSR count). The molecule has 0 atom stereocenters. The first-order valence-corrected chi connectivity index (χ1v) is 8.26. The van der Waals surface area contributed by atoms with Crippen molar-refractivity contribution in [1.82, 2.24) is 9.71 Å². The number of nitrogens with one attached hydrogen (secondary N) is 1. The highest BCUT2D eigenvalue weighted by Crippen LogP contribution is 2.23. The zero-order valence-electron chi connectivity index (χ0n) is 12.5. The Morgan fingerprint density at radius 3 is 2.29 bits per heavy atom. The third-order valence-electron chi connectivity index (χ3n) is 3.22. The average Bonchev–Trinajstić information content (AvgIpc) is 2.46. The molecule has 0 radical (unpaired) electrons. The first-order valence-electron chi connectivity index (χ1n) is 6.78. The van der Waals surface area contributed by atoms with Crippen LogP contribution in [0.15, 0.2) is 53.7 Å². The molecule has 0 aliphatic rings. The highest BCUT2D eigenvalue weighted by atomic mass is 32.2. The van der Waals surface area contributed by atoms with Crippen LogP contribution in [0.25, 0.3) is 0 Å². The van der Waals surface area contributed by atoms with Gasteiger partial charge in [-0.2, -0.15) is 0 Å². The van der Waals surface area contributed by atoms with Crippen molar-refractivity contribution in [3.8, 4) is 0 Å². The van der Waals surface area contributed by atoms with E-state index in [4.69, 9.17) is 0 Å². The second kappa shape index (κ2) is 5.95. The molecular formula is C16H20N2O2S. The minimum Gasteiger partial charge on any atom is -0.264 e. The summed E-state index contributed by atoms with van der Waals surface area (Å²) < 4.78 is 27.1. The highest BCUT2D eigenvalue weighted by molar-refractivity contribution is 7.89. The number of hydrogen-bond acceptors (Lipinski definition) is 3. The first-order chi connectivity index (χ1) is 9.79. The third-order valence-corrected chi connectivity index (χ3v) is 4.64. The monoisotopic (exact) mass is 304 g/mol. The molecule has 1 heterocycles. The van der Waals surface area contributed by atoms with Gasteiger partial charge in [0, 0.05) is 18.9 Å². The Balaban J connectivity index is 2.13. The topological polar surface area (TPSA) is 59.1 Å². The van der Waals surface area contributed by atoms with Gasteiger partial charge in [0.05, 0.1) is 4.90 Å². The fourth-order valence-corrected chi connectivity index (χ4v) is 2.92. The van der Waals surface area contributed by atoms with Crippen LogP contribution < -0.4 is 4.72 Å². The number of sulfonamides is 1. The van der Waals surface area contributed by atoms with E-state index in [1.165, 1.54) is 0 Å². The molecule has 0 saturated carbocycles. The van der Waals surface area contributed by atoms with Gasteiger partial charge in [-0.05, 0) is 34.7 Å². The van der Waals surface area contributed by atoms with E-state index in [-0.39, 0.29) is 16.9 Å². The molecular weight excluding hydrogens is 284 g/mol. The van der Waals surface area contributed by atoms with Crippen molar-refractivity contribution >= 4 is 10.0 Å². The quantitative estimate of drug-likeness (QED) is 0.945. The van der Waals surface area contributed by atoms with Gasteiger partial charge in [-0.3, -0.25) is 4.98 Å². The number of pyridine rings is 1. The molecule has 0 spiro atoms. The maximum atomic E-state index is 12.2. The lowest BCUT2D eigenvalue weighted by atomic mass is 9.87. The van der Waals surface area contributed by atoms with Gasteiger partial charge in [0.2, 0.25) is 10.0 Å². The number of benzene rings is 1. The molecule has 2 aromatic rings. The highest BCUT2D eigenvalue weighted by Gasteiger charge is 2.17. The Hall–Kier alpha value is -1.72. The van der Waals surface area contributed by atoms with Gasteiger partial charge in [-0.1, -0.05) is 39.0 Å². The zero-order chi connectivity index (χ0) is 15.5. The lowest BCUT2D eigenvalue weighted by molar-refractivity contribution is 0.578. The Morgan fingerprint density at radius 1 is 1.10 bits per heavy atom. The summed E-state index contributed by atoms with van der Waals surface area (Å²) in [5.74, 6) is 0. The van der Waals surface area contributed by atoms with Crippen molar-refractivity contribution in [2.45, 2.75) is 37.6 Å². The van der Waals surface area contributed by atoms with E-state index < -0.39 is 10.0 Å². The van der Waals surface area contributed by atoms with E-state index in [0.29, 0.717) is 0 Å². The van der Waals surface area contributed by atoms with Crippen LogP contribution in [0.4, 0.5) is 0 Å². The SMILES string of the molecule is CC(C)(C)c1ccc(S(=O)(=O)NCc2cccnc2)cc1. The van der Waals surface area contributed by atoms with Crippen molar-refractivity contribution in [3.63, 3.8) is 0 Å². The molecule has 1 N–H and O–H groups in total. The van der Waals surface area contributed by atoms with E-state index in [0.717, 1.165) is 11.1 Å². The van der Waals surface area contributed by atoms with Gasteiger partial charge in [0.15, 0.2) is 0 Å². The molecule has 1 aromatic carbocycles. The van der Waals surface area contributed by atoms with Gasteiger partial charge in [-0.15, -0.1) is 0 Å². The second-order valence-corrected chi connectivity index (χ2v) is 7.73. The smallest absolute Gasteiger partial charge is 0.240 e. The Morgan fingerprint density at radius 2 is 1.76 bits per heavy atom. The number of hydrogen-bond donors (Lipinski definition) is 1. The number of nitrogens with zero attached hydrogens (tertiary/aromatic N) is 1. The molecule has 4 nitrogen and oxygen atoms in total. The summed E-state index contributed by atoms with van der Waals surface area (Å²) in [5.41, 5.74) is 1.94. The molecule has 0 unspecified atom stereocenters. The summed E-state index contributed by atoms with van der Waals surface area (Å²) in [7, 11) is -3.50. The van der Waals surface area contributed by atoms with E-state index in [1.807, 2.05) is 18.2 Å². The standard InChI is InChI=1S/C16H20N2O2S/c1-16(2,3)14-6-8-15(9-7-14)21(19,20)18-12-13-5-4-10-17-11-13/h4-11,18H,12H2,1-3H3. The third kappa shape index (κ3) is 4.12. The van der Waals surface area contributed by atoms with Crippen LogP contribution in [0.1, 0.15) is 31.9 Å². The lowest BCUT2D eigenvalue weighted by Crippen LogP contribution is -2.23. The van der Waals surface area contributed by atoms with Crippen LogP contribution in [0, 0.1) is 0 Å². The summed E-state index contributed by atoms with van der Waals surface area (Å²) >= 11 is 0. The van der Waals surface area contributed by atoms with Crippen molar-refractivity contribution < 1.29 is 8.42 Å². The van der Waals surface area contributed by atoms with Crippen LogP contribution >= 0.6 is 0 Å². The minimum absolute atomic E-state index is 0.00539. The van der Waals surface area contributed by atoms with Gasteiger partial charge < -0.3 is 0 Å². The summed E-state index contributed by atoms with van der Waals surface area (Å²) in [6, 6.07) is 10.6. The Bertz CT molecular complexity index is 687. The Kier molecular flexibility index (Phi) is 4.44. The lowest BCUT2D eigenvalue weighted by Gasteiger charge is -2.19. The van der Waals surface area contributed by atoms with Gasteiger partial charge in [0.25, 0.3) is 0 Å². The minimum atomic E-state index is -3.50. The summed E-state index contributed by atoms with van der Waals surface area (Å²) in [4.78, 5) is 4.24. The van der Waals surface area contributed by atoms with E-state index >= 15 is 0 Å². The summed E-state index contributed by atoms with van der Waals surface area (Å²) in [5, 5.41) is 0. The number of aromatic nitrogens is 1. The predicted molar refractivity (Wildman–Crippen MR) is 83.4 cm³/mol. The normalized spacial score (nSPS) is 12.3. The molecule has 0 fully saturated rings. The van der Waals surface area contributed by atoms with Crippen molar-refractivity contribution in [2.24, 2.45) is 0 Å². The molecule has 0 amide bonds. The molecule has 0 aliphatic heterocycles. The molecule has 0 aliphatic carbocycles.